The van der Waals surface area contributed by atoms with Crippen molar-refractivity contribution in [3.8, 4) is 21.6 Å². The molecule has 1 saturated heterocycles. The molecule has 2 aromatic carbocycles. The van der Waals surface area contributed by atoms with Gasteiger partial charge in [-0.2, -0.15) is 0 Å². The molecule has 2 aromatic heterocycles. The van der Waals surface area contributed by atoms with Gasteiger partial charge in [0, 0.05) is 49.0 Å². The third-order valence-electron chi connectivity index (χ3n) is 6.56. The van der Waals surface area contributed by atoms with Crippen molar-refractivity contribution in [3.05, 3.63) is 101 Å². The van der Waals surface area contributed by atoms with E-state index in [4.69, 9.17) is 0 Å². The number of hydrogen-bond donors (Lipinski definition) is 0. The molecule has 1 fully saturated rings. The molecule has 1 aliphatic carbocycles. The second-order valence-corrected chi connectivity index (χ2v) is 9.29. The Bertz CT molecular complexity index is 1230. The molecule has 1 aliphatic heterocycles. The van der Waals surface area contributed by atoms with Crippen LogP contribution in [0, 0.1) is 0 Å². The number of piperazine rings is 1. The Morgan fingerprint density at radius 2 is 1.53 bits per heavy atom. The number of thiophene rings is 1. The van der Waals surface area contributed by atoms with Gasteiger partial charge in [0.2, 0.25) is 0 Å². The van der Waals surface area contributed by atoms with Gasteiger partial charge in [0.05, 0.1) is 11.6 Å². The summed E-state index contributed by atoms with van der Waals surface area (Å²) in [6, 6.07) is 23.8. The summed E-state index contributed by atoms with van der Waals surface area (Å²) in [7, 11) is 0. The number of pyridine rings is 1. The summed E-state index contributed by atoms with van der Waals surface area (Å²) < 4.78 is 0. The monoisotopic (exact) mass is 437 g/mol. The van der Waals surface area contributed by atoms with Crippen molar-refractivity contribution in [1.29, 1.82) is 0 Å². The average Bonchev–Trinajstić information content (AvgIpc) is 3.51. The van der Waals surface area contributed by atoms with Crippen LogP contribution in [0.25, 0.3) is 21.6 Å². The molecule has 0 N–H and O–H groups in total. The molecular weight excluding hydrogens is 414 g/mol. The van der Waals surface area contributed by atoms with Gasteiger partial charge >= 0.3 is 0 Å². The molecule has 0 unspecified atom stereocenters. The molecule has 158 valence electrons. The summed E-state index contributed by atoms with van der Waals surface area (Å²) in [5.74, 6) is 0.0720. The quantitative estimate of drug-likeness (QED) is 0.434. The van der Waals surface area contributed by atoms with Gasteiger partial charge in [-0.1, -0.05) is 54.6 Å². The predicted octanol–water partition coefficient (Wildman–Crippen LogP) is 5.34. The lowest BCUT2D eigenvalue weighted by atomic mass is 10.0. The highest BCUT2D eigenvalue weighted by atomic mass is 32.1. The van der Waals surface area contributed by atoms with E-state index in [0.717, 1.165) is 36.6 Å². The minimum atomic E-state index is 0.0720. The number of rotatable bonds is 3. The van der Waals surface area contributed by atoms with E-state index in [-0.39, 0.29) is 11.9 Å². The van der Waals surface area contributed by atoms with Gasteiger partial charge in [-0.25, -0.2) is 0 Å². The van der Waals surface area contributed by atoms with E-state index in [2.05, 4.69) is 64.5 Å². The molecule has 32 heavy (non-hydrogen) atoms. The van der Waals surface area contributed by atoms with E-state index in [1.165, 1.54) is 22.3 Å². The van der Waals surface area contributed by atoms with Gasteiger partial charge in [-0.05, 0) is 39.8 Å². The fourth-order valence-electron chi connectivity index (χ4n) is 5.02. The normalized spacial score (nSPS) is 16.1. The summed E-state index contributed by atoms with van der Waals surface area (Å²) in [6.45, 7) is 3.17. The summed E-state index contributed by atoms with van der Waals surface area (Å²) in [4.78, 5) is 23.2. The maximum atomic E-state index is 13.2. The van der Waals surface area contributed by atoms with Crippen molar-refractivity contribution in [2.24, 2.45) is 0 Å². The fourth-order valence-corrected chi connectivity index (χ4v) is 5.73. The number of hydrogen-bond acceptors (Lipinski definition) is 4. The van der Waals surface area contributed by atoms with Crippen LogP contribution in [-0.2, 0) is 0 Å². The van der Waals surface area contributed by atoms with Gasteiger partial charge in [0.15, 0.2) is 0 Å². The maximum Gasteiger partial charge on any atom is 0.255 e. The number of amides is 1. The first-order chi connectivity index (χ1) is 15.8. The number of fused-ring (bicyclic) bond motifs is 3. The summed E-state index contributed by atoms with van der Waals surface area (Å²) in [6.07, 6.45) is 3.52. The minimum absolute atomic E-state index is 0.0720. The Labute approximate surface area is 191 Å². The molecule has 3 heterocycles. The molecule has 0 saturated carbocycles. The third-order valence-corrected chi connectivity index (χ3v) is 7.48. The molecule has 6 rings (SSSR count). The highest BCUT2D eigenvalue weighted by molar-refractivity contribution is 7.13. The molecule has 5 heteroatoms. The van der Waals surface area contributed by atoms with E-state index in [0.29, 0.717) is 5.56 Å². The minimum Gasteiger partial charge on any atom is -0.336 e. The summed E-state index contributed by atoms with van der Waals surface area (Å²) in [5.41, 5.74) is 7.10. The Morgan fingerprint density at radius 3 is 2.19 bits per heavy atom. The van der Waals surface area contributed by atoms with E-state index in [1.54, 1.807) is 17.5 Å². The number of benzene rings is 2. The third kappa shape index (κ3) is 3.25. The van der Waals surface area contributed by atoms with Gasteiger partial charge < -0.3 is 4.90 Å². The zero-order chi connectivity index (χ0) is 21.5. The van der Waals surface area contributed by atoms with E-state index >= 15 is 0 Å². The number of carbonyl (C=O) groups excluding carboxylic acids is 1. The highest BCUT2D eigenvalue weighted by Gasteiger charge is 2.35. The molecule has 4 aromatic rings. The summed E-state index contributed by atoms with van der Waals surface area (Å²) >= 11 is 1.66. The number of aromatic nitrogens is 1. The SMILES string of the molecule is O=C(c1cncc(-c2cccs2)c1)N1CCN(C2c3ccccc3-c3ccccc32)CC1. The fraction of sp³-hybridized carbons (Fsp3) is 0.185. The van der Waals surface area contributed by atoms with Crippen LogP contribution in [0.5, 0.6) is 0 Å². The lowest BCUT2D eigenvalue weighted by molar-refractivity contribution is 0.0599. The van der Waals surface area contributed by atoms with Gasteiger partial charge in [-0.15, -0.1) is 11.3 Å². The molecular formula is C27H23N3OS. The Hall–Kier alpha value is -3.28. The van der Waals surface area contributed by atoms with Crippen LogP contribution in [-0.4, -0.2) is 46.9 Å². The standard InChI is InChI=1S/C27H23N3OS/c31-27(20-16-19(17-28-18-20)25-10-5-15-32-25)30-13-11-29(12-14-30)26-23-8-3-1-6-21(23)22-7-2-4-9-24(22)26/h1-10,15-18,26H,11-14H2. The zero-order valence-electron chi connectivity index (χ0n) is 17.6. The second-order valence-electron chi connectivity index (χ2n) is 8.34. The molecule has 1 amide bonds. The van der Waals surface area contributed by atoms with Crippen LogP contribution in [0.2, 0.25) is 0 Å². The van der Waals surface area contributed by atoms with E-state index in [9.17, 15) is 4.79 Å². The van der Waals surface area contributed by atoms with Crippen LogP contribution in [0.3, 0.4) is 0 Å². The topological polar surface area (TPSA) is 36.4 Å². The first-order valence-corrected chi connectivity index (χ1v) is 11.9. The molecule has 4 nitrogen and oxygen atoms in total. The van der Waals surface area contributed by atoms with Gasteiger partial charge in [0.1, 0.15) is 0 Å². The van der Waals surface area contributed by atoms with E-state index in [1.807, 2.05) is 28.6 Å². The average molecular weight is 438 g/mol. The molecule has 2 aliphatic rings. The second kappa shape index (κ2) is 8.01. The Morgan fingerprint density at radius 1 is 0.844 bits per heavy atom. The smallest absolute Gasteiger partial charge is 0.255 e. The van der Waals surface area contributed by atoms with Crippen LogP contribution in [0.4, 0.5) is 0 Å². The molecule has 0 bridgehead atoms. The van der Waals surface area contributed by atoms with Gasteiger partial charge in [-0.3, -0.25) is 14.7 Å². The highest BCUT2D eigenvalue weighted by Crippen LogP contribution is 2.46. The Balaban J connectivity index is 1.21. The summed E-state index contributed by atoms with van der Waals surface area (Å²) in [5, 5.41) is 2.04. The maximum absolute atomic E-state index is 13.2. The van der Waals surface area contributed by atoms with Crippen molar-refractivity contribution in [1.82, 2.24) is 14.8 Å². The van der Waals surface area contributed by atoms with Crippen LogP contribution < -0.4 is 0 Å². The zero-order valence-corrected chi connectivity index (χ0v) is 18.5. The van der Waals surface area contributed by atoms with Crippen LogP contribution in [0.15, 0.2) is 84.5 Å². The number of nitrogens with zero attached hydrogens (tertiary/aromatic N) is 3. The first-order valence-electron chi connectivity index (χ1n) is 11.0. The molecule has 0 radical (unpaired) electrons. The van der Waals surface area contributed by atoms with Crippen molar-refractivity contribution >= 4 is 17.2 Å². The largest absolute Gasteiger partial charge is 0.336 e. The van der Waals surface area contributed by atoms with Crippen molar-refractivity contribution < 1.29 is 4.79 Å². The van der Waals surface area contributed by atoms with E-state index < -0.39 is 0 Å². The molecule has 0 atom stereocenters. The van der Waals surface area contributed by atoms with Crippen molar-refractivity contribution in [2.45, 2.75) is 6.04 Å². The van der Waals surface area contributed by atoms with Crippen LogP contribution in [0.1, 0.15) is 27.5 Å². The lowest BCUT2D eigenvalue weighted by Crippen LogP contribution is -2.49. The Kier molecular flexibility index (Phi) is 4.86. The predicted molar refractivity (Wildman–Crippen MR) is 129 cm³/mol. The first kappa shape index (κ1) is 19.4. The van der Waals surface area contributed by atoms with Crippen molar-refractivity contribution in [3.63, 3.8) is 0 Å². The molecule has 0 spiro atoms. The van der Waals surface area contributed by atoms with Gasteiger partial charge in [0.25, 0.3) is 5.91 Å². The lowest BCUT2D eigenvalue weighted by Gasteiger charge is -2.38. The number of carbonyl (C=O) groups is 1. The van der Waals surface area contributed by atoms with Crippen LogP contribution >= 0.6 is 11.3 Å². The van der Waals surface area contributed by atoms with Crippen molar-refractivity contribution in [2.75, 3.05) is 26.2 Å².